The Balaban J connectivity index is 1.75. The normalized spacial score (nSPS) is 20.0. The van der Waals surface area contributed by atoms with Crippen molar-refractivity contribution in [3.8, 4) is 0 Å². The zero-order chi connectivity index (χ0) is 19.6. The standard InChI is InChI=1S/C26H25NO/c1-19(20-11-5-2-6-12-20)23-17-25(28)26(18-24(23)27,21-13-7-3-8-14-21)22-15-9-4-10-16-22/h2-16,19,23,27H,17-18H2,1H3. The maximum absolute atomic E-state index is 13.7. The second-order valence-electron chi connectivity index (χ2n) is 7.77. The molecule has 0 aromatic heterocycles. The second-order valence-corrected chi connectivity index (χ2v) is 7.77. The van der Waals surface area contributed by atoms with Crippen LogP contribution in [0.2, 0.25) is 0 Å². The third kappa shape index (κ3) is 3.09. The Hall–Kier alpha value is -3.00. The van der Waals surface area contributed by atoms with E-state index in [4.69, 9.17) is 5.41 Å². The molecule has 0 amide bonds. The van der Waals surface area contributed by atoms with Crippen LogP contribution < -0.4 is 0 Å². The quantitative estimate of drug-likeness (QED) is 0.624. The first-order valence-electron chi connectivity index (χ1n) is 9.89. The summed E-state index contributed by atoms with van der Waals surface area (Å²) < 4.78 is 0. The lowest BCUT2D eigenvalue weighted by Gasteiger charge is -2.42. The number of benzene rings is 3. The monoisotopic (exact) mass is 367 g/mol. The highest BCUT2D eigenvalue weighted by Gasteiger charge is 2.48. The van der Waals surface area contributed by atoms with Crippen LogP contribution in [-0.4, -0.2) is 11.5 Å². The maximum atomic E-state index is 13.7. The topological polar surface area (TPSA) is 40.9 Å². The van der Waals surface area contributed by atoms with Crippen molar-refractivity contribution >= 4 is 11.5 Å². The fraction of sp³-hybridized carbons (Fsp3) is 0.231. The average Bonchev–Trinajstić information content (AvgIpc) is 2.76. The fourth-order valence-corrected chi connectivity index (χ4v) is 4.62. The van der Waals surface area contributed by atoms with Gasteiger partial charge in [-0.25, -0.2) is 0 Å². The fourth-order valence-electron chi connectivity index (χ4n) is 4.62. The van der Waals surface area contributed by atoms with Crippen molar-refractivity contribution in [3.63, 3.8) is 0 Å². The number of carbonyl (C=O) groups excluding carboxylic acids is 1. The zero-order valence-electron chi connectivity index (χ0n) is 16.1. The number of carbonyl (C=O) groups is 1. The minimum atomic E-state index is -0.757. The van der Waals surface area contributed by atoms with Crippen LogP contribution in [-0.2, 0) is 10.2 Å². The number of ketones is 1. The molecule has 2 unspecified atom stereocenters. The molecule has 1 saturated carbocycles. The Bertz CT molecular complexity index is 924. The number of Topliss-reactive ketones (excluding diaryl/α,β-unsaturated/α-hetero) is 1. The highest BCUT2D eigenvalue weighted by molar-refractivity contribution is 6.05. The SMILES string of the molecule is CC(c1ccccc1)C1CC(=O)C(c2ccccc2)(c2ccccc2)CC1=N. The van der Waals surface area contributed by atoms with E-state index in [9.17, 15) is 4.79 Å². The molecule has 0 radical (unpaired) electrons. The number of nitrogens with one attached hydrogen (secondary N) is 1. The first-order chi connectivity index (χ1) is 13.6. The molecule has 1 N–H and O–H groups in total. The highest BCUT2D eigenvalue weighted by atomic mass is 16.1. The van der Waals surface area contributed by atoms with E-state index in [1.165, 1.54) is 5.56 Å². The van der Waals surface area contributed by atoms with Crippen molar-refractivity contribution in [2.24, 2.45) is 5.92 Å². The third-order valence-electron chi connectivity index (χ3n) is 6.25. The molecule has 0 bridgehead atoms. The van der Waals surface area contributed by atoms with E-state index >= 15 is 0 Å². The van der Waals surface area contributed by atoms with Crippen LogP contribution in [0.5, 0.6) is 0 Å². The first-order valence-corrected chi connectivity index (χ1v) is 9.89. The molecule has 0 aliphatic heterocycles. The van der Waals surface area contributed by atoms with Crippen molar-refractivity contribution in [2.75, 3.05) is 0 Å². The predicted molar refractivity (Wildman–Crippen MR) is 114 cm³/mol. The summed E-state index contributed by atoms with van der Waals surface area (Å²) in [5.41, 5.74) is 3.08. The molecule has 4 rings (SSSR count). The van der Waals surface area contributed by atoms with Crippen molar-refractivity contribution in [1.29, 1.82) is 5.41 Å². The van der Waals surface area contributed by atoms with Gasteiger partial charge in [0.25, 0.3) is 0 Å². The van der Waals surface area contributed by atoms with Gasteiger partial charge in [-0.1, -0.05) is 97.9 Å². The summed E-state index contributed by atoms with van der Waals surface area (Å²) in [6.07, 6.45) is 0.848. The lowest BCUT2D eigenvalue weighted by Crippen LogP contribution is -2.47. The Morgan fingerprint density at radius 3 is 1.79 bits per heavy atom. The van der Waals surface area contributed by atoms with Gasteiger partial charge in [0.1, 0.15) is 5.78 Å². The van der Waals surface area contributed by atoms with Gasteiger partial charge < -0.3 is 5.41 Å². The zero-order valence-corrected chi connectivity index (χ0v) is 16.1. The Kier molecular flexibility index (Phi) is 4.95. The Labute approximate surface area is 166 Å². The lowest BCUT2D eigenvalue weighted by atomic mass is 9.59. The van der Waals surface area contributed by atoms with Crippen LogP contribution in [0.25, 0.3) is 0 Å². The van der Waals surface area contributed by atoms with Crippen LogP contribution in [0.15, 0.2) is 91.0 Å². The second kappa shape index (κ2) is 7.55. The number of hydrogen-bond acceptors (Lipinski definition) is 2. The summed E-state index contributed by atoms with van der Waals surface area (Å²) in [7, 11) is 0. The first kappa shape index (κ1) is 18.4. The van der Waals surface area contributed by atoms with E-state index < -0.39 is 5.41 Å². The van der Waals surface area contributed by atoms with Crippen molar-refractivity contribution in [3.05, 3.63) is 108 Å². The van der Waals surface area contributed by atoms with Gasteiger partial charge in [-0.15, -0.1) is 0 Å². The molecule has 3 aromatic rings. The van der Waals surface area contributed by atoms with Crippen LogP contribution in [0, 0.1) is 11.3 Å². The predicted octanol–water partition coefficient (Wildman–Crippen LogP) is 5.78. The van der Waals surface area contributed by atoms with E-state index in [0.29, 0.717) is 18.6 Å². The summed E-state index contributed by atoms with van der Waals surface area (Å²) in [5, 5.41) is 8.92. The summed E-state index contributed by atoms with van der Waals surface area (Å²) in [6, 6.07) is 30.2. The van der Waals surface area contributed by atoms with Gasteiger partial charge in [-0.05, 0) is 22.6 Å². The van der Waals surface area contributed by atoms with Crippen molar-refractivity contribution < 1.29 is 4.79 Å². The molecule has 28 heavy (non-hydrogen) atoms. The summed E-state index contributed by atoms with van der Waals surface area (Å²) in [5.74, 6) is 0.325. The van der Waals surface area contributed by atoms with Gasteiger partial charge in [-0.3, -0.25) is 4.79 Å². The molecule has 2 heteroatoms. The summed E-state index contributed by atoms with van der Waals surface area (Å²) >= 11 is 0. The van der Waals surface area contributed by atoms with E-state index in [0.717, 1.165) is 11.1 Å². The molecule has 0 heterocycles. The van der Waals surface area contributed by atoms with Crippen LogP contribution >= 0.6 is 0 Å². The number of hydrogen-bond donors (Lipinski definition) is 1. The largest absolute Gasteiger partial charge is 0.309 e. The molecule has 0 spiro atoms. The maximum Gasteiger partial charge on any atom is 0.148 e. The van der Waals surface area contributed by atoms with E-state index in [2.05, 4.69) is 19.1 Å². The molecule has 140 valence electrons. The van der Waals surface area contributed by atoms with E-state index in [-0.39, 0.29) is 17.6 Å². The van der Waals surface area contributed by atoms with Gasteiger partial charge in [0.2, 0.25) is 0 Å². The van der Waals surface area contributed by atoms with Gasteiger partial charge >= 0.3 is 0 Å². The smallest absolute Gasteiger partial charge is 0.148 e. The minimum Gasteiger partial charge on any atom is -0.309 e. The summed E-state index contributed by atoms with van der Waals surface area (Å²) in [4.78, 5) is 13.7. The molecule has 1 aliphatic carbocycles. The van der Waals surface area contributed by atoms with Gasteiger partial charge in [0.05, 0.1) is 5.41 Å². The summed E-state index contributed by atoms with van der Waals surface area (Å²) in [6.45, 7) is 2.14. The molecule has 2 nitrogen and oxygen atoms in total. The average molecular weight is 367 g/mol. The molecular formula is C26H25NO. The molecule has 3 aromatic carbocycles. The Morgan fingerprint density at radius 1 is 0.821 bits per heavy atom. The third-order valence-corrected chi connectivity index (χ3v) is 6.25. The van der Waals surface area contributed by atoms with Gasteiger partial charge in [0, 0.05) is 24.5 Å². The minimum absolute atomic E-state index is 0.0459. The molecular weight excluding hydrogens is 342 g/mol. The lowest BCUT2D eigenvalue weighted by molar-refractivity contribution is -0.124. The molecule has 1 aliphatic rings. The number of rotatable bonds is 4. The van der Waals surface area contributed by atoms with Crippen molar-refractivity contribution in [2.45, 2.75) is 31.1 Å². The molecule has 2 atom stereocenters. The van der Waals surface area contributed by atoms with E-state index in [1.807, 2.05) is 78.9 Å². The van der Waals surface area contributed by atoms with Crippen LogP contribution in [0.1, 0.15) is 42.4 Å². The van der Waals surface area contributed by atoms with E-state index in [1.54, 1.807) is 0 Å². The Morgan fingerprint density at radius 2 is 1.29 bits per heavy atom. The van der Waals surface area contributed by atoms with Crippen LogP contribution in [0.3, 0.4) is 0 Å². The highest BCUT2D eigenvalue weighted by Crippen LogP contribution is 2.45. The van der Waals surface area contributed by atoms with Crippen molar-refractivity contribution in [1.82, 2.24) is 0 Å². The van der Waals surface area contributed by atoms with Crippen LogP contribution in [0.4, 0.5) is 0 Å². The molecule has 0 saturated heterocycles. The van der Waals surface area contributed by atoms with Gasteiger partial charge in [-0.2, -0.15) is 0 Å². The molecule has 1 fully saturated rings. The van der Waals surface area contributed by atoms with Gasteiger partial charge in [0.15, 0.2) is 0 Å².